The van der Waals surface area contributed by atoms with Gasteiger partial charge in [-0.25, -0.2) is 0 Å². The van der Waals surface area contributed by atoms with Gasteiger partial charge in [-0.2, -0.15) is 0 Å². The molecule has 0 bridgehead atoms. The molecule has 1 aromatic carbocycles. The van der Waals surface area contributed by atoms with E-state index in [4.69, 9.17) is 27.7 Å². The van der Waals surface area contributed by atoms with Crippen LogP contribution in [0.25, 0.3) is 11.3 Å². The van der Waals surface area contributed by atoms with E-state index in [0.717, 1.165) is 19.3 Å². The molecule has 0 spiro atoms. The van der Waals surface area contributed by atoms with Crippen molar-refractivity contribution >= 4 is 29.1 Å². The lowest BCUT2D eigenvalue weighted by Gasteiger charge is -2.08. The van der Waals surface area contributed by atoms with Crippen molar-refractivity contribution in [3.8, 4) is 11.3 Å². The van der Waals surface area contributed by atoms with Crippen LogP contribution < -0.4 is 5.32 Å². The van der Waals surface area contributed by atoms with Crippen LogP contribution in [0.15, 0.2) is 22.7 Å². The second-order valence-electron chi connectivity index (χ2n) is 5.38. The normalized spacial score (nSPS) is 10.8. The third-order valence-electron chi connectivity index (χ3n) is 3.61. The zero-order valence-corrected chi connectivity index (χ0v) is 14.8. The van der Waals surface area contributed by atoms with E-state index in [9.17, 15) is 4.79 Å². The molecule has 0 atom stereocenters. The van der Waals surface area contributed by atoms with Gasteiger partial charge in [-0.3, -0.25) is 4.79 Å². The topological polar surface area (TPSA) is 55.1 Å². The van der Waals surface area contributed by atoms with Crippen LogP contribution in [-0.4, -0.2) is 17.6 Å². The summed E-state index contributed by atoms with van der Waals surface area (Å²) < 4.78 is 5.20. The summed E-state index contributed by atoms with van der Waals surface area (Å²) in [4.78, 5) is 12.5. The number of carbonyl (C=O) groups is 1. The molecule has 1 amide bonds. The molecule has 0 aliphatic heterocycles. The van der Waals surface area contributed by atoms with E-state index in [0.29, 0.717) is 39.2 Å². The van der Waals surface area contributed by atoms with Gasteiger partial charge in [0.05, 0.1) is 10.0 Å². The monoisotopic (exact) mass is 354 g/mol. The molecule has 0 fully saturated rings. The number of hydrogen-bond donors (Lipinski definition) is 1. The molecule has 2 aromatic rings. The fourth-order valence-corrected chi connectivity index (χ4v) is 2.95. The number of aryl methyl sites for hydroxylation is 1. The summed E-state index contributed by atoms with van der Waals surface area (Å²) in [5.41, 5.74) is 1.28. The summed E-state index contributed by atoms with van der Waals surface area (Å²) in [5, 5.41) is 7.76. The molecule has 124 valence electrons. The fourth-order valence-electron chi connectivity index (χ4n) is 2.38. The predicted octanol–water partition coefficient (Wildman–Crippen LogP) is 5.27. The Balaban J connectivity index is 2.20. The standard InChI is InChI=1S/C17H20Cl2N2O2/c1-3-4-5-6-10-20-17(22)14-11(2)23-21-16(14)15-12(18)8-7-9-13(15)19/h7-9H,3-6,10H2,1-2H3,(H,20,22). The Morgan fingerprint density at radius 2 is 1.91 bits per heavy atom. The lowest BCUT2D eigenvalue weighted by atomic mass is 10.1. The van der Waals surface area contributed by atoms with Crippen LogP contribution in [0.5, 0.6) is 0 Å². The first-order valence-corrected chi connectivity index (χ1v) is 8.50. The number of rotatable bonds is 7. The van der Waals surface area contributed by atoms with Gasteiger partial charge in [-0.15, -0.1) is 0 Å². The molecule has 1 heterocycles. The van der Waals surface area contributed by atoms with E-state index in [1.165, 1.54) is 6.42 Å². The zero-order valence-electron chi connectivity index (χ0n) is 13.3. The average molecular weight is 355 g/mol. The third-order valence-corrected chi connectivity index (χ3v) is 4.24. The molecule has 4 nitrogen and oxygen atoms in total. The molecule has 0 radical (unpaired) electrons. The lowest BCUT2D eigenvalue weighted by Crippen LogP contribution is -2.25. The second-order valence-corrected chi connectivity index (χ2v) is 6.19. The van der Waals surface area contributed by atoms with E-state index in [-0.39, 0.29) is 5.91 Å². The van der Waals surface area contributed by atoms with Crippen LogP contribution in [-0.2, 0) is 0 Å². The molecular weight excluding hydrogens is 335 g/mol. The van der Waals surface area contributed by atoms with Crippen LogP contribution in [0.3, 0.4) is 0 Å². The minimum atomic E-state index is -0.216. The van der Waals surface area contributed by atoms with E-state index >= 15 is 0 Å². The minimum Gasteiger partial charge on any atom is -0.360 e. The van der Waals surface area contributed by atoms with Crippen molar-refractivity contribution in [3.05, 3.63) is 39.6 Å². The maximum atomic E-state index is 12.5. The molecule has 6 heteroatoms. The Morgan fingerprint density at radius 1 is 1.22 bits per heavy atom. The molecule has 2 rings (SSSR count). The minimum absolute atomic E-state index is 0.216. The highest BCUT2D eigenvalue weighted by Crippen LogP contribution is 2.36. The largest absolute Gasteiger partial charge is 0.360 e. The molecule has 0 aliphatic rings. The Morgan fingerprint density at radius 3 is 2.57 bits per heavy atom. The van der Waals surface area contributed by atoms with Gasteiger partial charge < -0.3 is 9.84 Å². The van der Waals surface area contributed by atoms with Crippen molar-refractivity contribution in [3.63, 3.8) is 0 Å². The van der Waals surface area contributed by atoms with Gasteiger partial charge in [0.25, 0.3) is 5.91 Å². The van der Waals surface area contributed by atoms with Crippen molar-refractivity contribution in [2.75, 3.05) is 6.54 Å². The van der Waals surface area contributed by atoms with Gasteiger partial charge in [0.15, 0.2) is 0 Å². The predicted molar refractivity (Wildman–Crippen MR) is 93.2 cm³/mol. The second kappa shape index (κ2) is 8.37. The maximum Gasteiger partial charge on any atom is 0.257 e. The summed E-state index contributed by atoms with van der Waals surface area (Å²) in [6, 6.07) is 5.16. The highest BCUT2D eigenvalue weighted by Gasteiger charge is 2.24. The molecule has 0 unspecified atom stereocenters. The first-order valence-electron chi connectivity index (χ1n) is 7.75. The van der Waals surface area contributed by atoms with Crippen LogP contribution >= 0.6 is 23.2 Å². The molecule has 23 heavy (non-hydrogen) atoms. The number of hydrogen-bond acceptors (Lipinski definition) is 3. The van der Waals surface area contributed by atoms with E-state index < -0.39 is 0 Å². The molecular formula is C17H20Cl2N2O2. The number of aromatic nitrogens is 1. The van der Waals surface area contributed by atoms with Crippen molar-refractivity contribution in [2.45, 2.75) is 39.5 Å². The van der Waals surface area contributed by atoms with E-state index in [2.05, 4.69) is 17.4 Å². The summed E-state index contributed by atoms with van der Waals surface area (Å²) in [7, 11) is 0. The quantitative estimate of drug-likeness (QED) is 0.689. The number of nitrogens with zero attached hydrogens (tertiary/aromatic N) is 1. The lowest BCUT2D eigenvalue weighted by molar-refractivity contribution is 0.0952. The maximum absolute atomic E-state index is 12.5. The summed E-state index contributed by atoms with van der Waals surface area (Å²) in [6.45, 7) is 4.48. The Bertz CT molecular complexity index is 663. The van der Waals surface area contributed by atoms with Gasteiger partial charge >= 0.3 is 0 Å². The van der Waals surface area contributed by atoms with E-state index in [1.807, 2.05) is 0 Å². The summed E-state index contributed by atoms with van der Waals surface area (Å²) >= 11 is 12.4. The Hall–Kier alpha value is -1.52. The highest BCUT2D eigenvalue weighted by atomic mass is 35.5. The molecule has 1 N–H and O–H groups in total. The number of halogens is 2. The van der Waals surface area contributed by atoms with Crippen molar-refractivity contribution < 1.29 is 9.32 Å². The Kier molecular flexibility index (Phi) is 6.48. The smallest absolute Gasteiger partial charge is 0.257 e. The van der Waals surface area contributed by atoms with Gasteiger partial charge in [0, 0.05) is 12.1 Å². The van der Waals surface area contributed by atoms with Crippen LogP contribution in [0, 0.1) is 6.92 Å². The van der Waals surface area contributed by atoms with Crippen LogP contribution in [0.1, 0.15) is 48.7 Å². The number of amides is 1. The molecule has 0 saturated carbocycles. The summed E-state index contributed by atoms with van der Waals surface area (Å²) in [5.74, 6) is 0.230. The average Bonchev–Trinajstić information content (AvgIpc) is 2.88. The van der Waals surface area contributed by atoms with Crippen molar-refractivity contribution in [2.24, 2.45) is 0 Å². The first kappa shape index (κ1) is 17.8. The third kappa shape index (κ3) is 4.27. The highest BCUT2D eigenvalue weighted by molar-refractivity contribution is 6.39. The van der Waals surface area contributed by atoms with E-state index in [1.54, 1.807) is 25.1 Å². The zero-order chi connectivity index (χ0) is 16.8. The number of benzene rings is 1. The van der Waals surface area contributed by atoms with Crippen LogP contribution in [0.4, 0.5) is 0 Å². The number of unbranched alkanes of at least 4 members (excludes halogenated alkanes) is 3. The molecule has 0 aliphatic carbocycles. The SMILES string of the molecule is CCCCCCNC(=O)c1c(-c2c(Cl)cccc2Cl)noc1C. The first-order chi connectivity index (χ1) is 11.1. The van der Waals surface area contributed by atoms with Crippen molar-refractivity contribution in [1.29, 1.82) is 0 Å². The van der Waals surface area contributed by atoms with Gasteiger partial charge in [-0.05, 0) is 25.5 Å². The molecule has 0 saturated heterocycles. The van der Waals surface area contributed by atoms with Gasteiger partial charge in [0.1, 0.15) is 17.0 Å². The van der Waals surface area contributed by atoms with Gasteiger partial charge in [0.2, 0.25) is 0 Å². The van der Waals surface area contributed by atoms with Crippen LogP contribution in [0.2, 0.25) is 10.0 Å². The van der Waals surface area contributed by atoms with Crippen molar-refractivity contribution in [1.82, 2.24) is 10.5 Å². The Labute approximate surface area is 146 Å². The molecule has 1 aromatic heterocycles. The van der Waals surface area contributed by atoms with Gasteiger partial charge in [-0.1, -0.05) is 60.6 Å². The number of carbonyl (C=O) groups excluding carboxylic acids is 1. The fraction of sp³-hybridized carbons (Fsp3) is 0.412. The summed E-state index contributed by atoms with van der Waals surface area (Å²) in [6.07, 6.45) is 4.38. The number of nitrogens with one attached hydrogen (secondary N) is 1.